The number of hydrogen-bond donors (Lipinski definition) is 1. The molecule has 174 valence electrons. The minimum Gasteiger partial charge on any atom is -0.469 e. The van der Waals surface area contributed by atoms with Crippen LogP contribution in [0.25, 0.3) is 0 Å². The van der Waals surface area contributed by atoms with Gasteiger partial charge in [-0.25, -0.2) is 0 Å². The molecule has 0 unspecified atom stereocenters. The Morgan fingerprint density at radius 2 is 1.84 bits per heavy atom. The number of ketones is 1. The second kappa shape index (κ2) is 8.32. The smallest absolute Gasteiger partial charge is 0.305 e. The fraction of sp³-hybridized carbons (Fsp3) is 0.852. The maximum Gasteiger partial charge on any atom is 0.305 e. The molecule has 0 saturated heterocycles. The molecule has 9 atom stereocenters. The Hall–Kier alpha value is -1.16. The molecule has 0 radical (unpaired) electrons. The quantitative estimate of drug-likeness (QED) is 0.484. The Morgan fingerprint density at radius 3 is 2.52 bits per heavy atom. The fourth-order valence-electron chi connectivity index (χ4n) is 8.81. The van der Waals surface area contributed by atoms with Crippen LogP contribution < -0.4 is 0 Å². The average molecular weight is 431 g/mol. The SMILES string of the molecule is C/C=C1\C(=O)[C@@H]2[C@H](CC[C@]3(C)[C@@H]([C@H](C)CCC(=O)OC)CC[C@@H]23)[C@@]2(C)CC[C@@H](O)C[C@@H]12. The Balaban J connectivity index is 1.61. The van der Waals surface area contributed by atoms with Crippen molar-refractivity contribution in [2.24, 2.45) is 46.3 Å². The maximum absolute atomic E-state index is 13.9. The van der Waals surface area contributed by atoms with Gasteiger partial charge in [0.2, 0.25) is 0 Å². The maximum atomic E-state index is 13.9. The van der Waals surface area contributed by atoms with Crippen LogP contribution in [0.2, 0.25) is 0 Å². The van der Waals surface area contributed by atoms with Crippen LogP contribution in [-0.2, 0) is 14.3 Å². The molecule has 0 aromatic rings. The van der Waals surface area contributed by atoms with Gasteiger partial charge in [0.25, 0.3) is 0 Å². The predicted molar refractivity (Wildman–Crippen MR) is 121 cm³/mol. The fourth-order valence-corrected chi connectivity index (χ4v) is 8.81. The topological polar surface area (TPSA) is 63.6 Å². The van der Waals surface area contributed by atoms with Gasteiger partial charge in [-0.3, -0.25) is 9.59 Å². The van der Waals surface area contributed by atoms with E-state index in [-0.39, 0.29) is 34.7 Å². The molecule has 0 spiro atoms. The standard InChI is InChI=1S/C27H42O4/c1-6-18-22-15-17(28)11-13-27(22,4)21-12-14-26(3)19(16(2)7-10-23(29)31-5)8-9-20(26)24(21)25(18)30/h6,16-17,19-22,24,28H,7-15H2,1-5H3/b18-6-/t16-,17-,19-,20+,21+,22+,24+,26-,27-/m1/s1. The van der Waals surface area contributed by atoms with E-state index in [4.69, 9.17) is 4.74 Å². The molecule has 0 aromatic heterocycles. The van der Waals surface area contributed by atoms with E-state index in [1.807, 2.05) is 6.92 Å². The Morgan fingerprint density at radius 1 is 1.16 bits per heavy atom. The normalized spacial score (nSPS) is 46.8. The number of rotatable bonds is 4. The van der Waals surface area contributed by atoms with E-state index >= 15 is 0 Å². The van der Waals surface area contributed by atoms with Crippen LogP contribution in [0.1, 0.15) is 85.5 Å². The number of fused-ring (bicyclic) bond motifs is 5. The first-order chi connectivity index (χ1) is 14.7. The highest BCUT2D eigenvalue weighted by Crippen LogP contribution is 2.68. The molecule has 0 amide bonds. The van der Waals surface area contributed by atoms with E-state index in [2.05, 4.69) is 26.8 Å². The first-order valence-corrected chi connectivity index (χ1v) is 12.6. The van der Waals surface area contributed by atoms with E-state index in [9.17, 15) is 14.7 Å². The lowest BCUT2D eigenvalue weighted by molar-refractivity contribution is -0.150. The number of allylic oxidation sites excluding steroid dienone is 2. The number of carbonyl (C=O) groups excluding carboxylic acids is 2. The second-order valence-electron chi connectivity index (χ2n) is 11.7. The molecular formula is C27H42O4. The third kappa shape index (κ3) is 3.52. The van der Waals surface area contributed by atoms with Gasteiger partial charge in [-0.2, -0.15) is 0 Å². The van der Waals surface area contributed by atoms with Gasteiger partial charge in [0, 0.05) is 12.3 Å². The third-order valence-corrected chi connectivity index (χ3v) is 10.5. The van der Waals surface area contributed by atoms with Crippen molar-refractivity contribution < 1.29 is 19.4 Å². The lowest BCUT2D eigenvalue weighted by Crippen LogP contribution is -2.58. The number of aliphatic hydroxyl groups excluding tert-OH is 1. The molecule has 4 rings (SSSR count). The molecule has 0 heterocycles. The number of esters is 1. The molecule has 0 aliphatic heterocycles. The van der Waals surface area contributed by atoms with Crippen LogP contribution in [0.4, 0.5) is 0 Å². The first kappa shape index (κ1) is 23.0. The van der Waals surface area contributed by atoms with Crippen molar-refractivity contribution in [2.75, 3.05) is 7.11 Å². The summed E-state index contributed by atoms with van der Waals surface area (Å²) in [6, 6.07) is 0. The van der Waals surface area contributed by atoms with Gasteiger partial charge in [-0.05, 0) is 104 Å². The molecule has 1 N–H and O–H groups in total. The van der Waals surface area contributed by atoms with Crippen molar-refractivity contribution in [3.63, 3.8) is 0 Å². The summed E-state index contributed by atoms with van der Waals surface area (Å²) >= 11 is 0. The number of Topliss-reactive ketones (excluding diaryl/α,β-unsaturated/α-hetero) is 1. The molecule has 4 fully saturated rings. The third-order valence-electron chi connectivity index (χ3n) is 10.5. The van der Waals surface area contributed by atoms with E-state index in [0.29, 0.717) is 35.9 Å². The predicted octanol–water partition coefficient (Wildman–Crippen LogP) is 5.33. The van der Waals surface area contributed by atoms with Crippen LogP contribution in [0.5, 0.6) is 0 Å². The summed E-state index contributed by atoms with van der Waals surface area (Å²) in [6.07, 6.45) is 10.4. The minimum atomic E-state index is -0.266. The summed E-state index contributed by atoms with van der Waals surface area (Å²) in [7, 11) is 1.47. The highest BCUT2D eigenvalue weighted by atomic mass is 16.5. The van der Waals surface area contributed by atoms with Crippen molar-refractivity contribution in [1.82, 2.24) is 0 Å². The molecule has 4 heteroatoms. The number of hydrogen-bond acceptors (Lipinski definition) is 4. The van der Waals surface area contributed by atoms with Crippen LogP contribution in [0, 0.1) is 46.3 Å². The van der Waals surface area contributed by atoms with Gasteiger partial charge in [-0.15, -0.1) is 0 Å². The summed E-state index contributed by atoms with van der Waals surface area (Å²) in [4.78, 5) is 25.6. The average Bonchev–Trinajstić information content (AvgIpc) is 3.10. The first-order valence-electron chi connectivity index (χ1n) is 12.6. The summed E-state index contributed by atoms with van der Waals surface area (Å²) in [5.74, 6) is 2.57. The van der Waals surface area contributed by atoms with Crippen molar-refractivity contribution >= 4 is 11.8 Å². The number of methoxy groups -OCH3 is 1. The molecule has 4 aliphatic rings. The van der Waals surface area contributed by atoms with Crippen LogP contribution in [0.3, 0.4) is 0 Å². The van der Waals surface area contributed by atoms with Gasteiger partial charge < -0.3 is 9.84 Å². The second-order valence-corrected chi connectivity index (χ2v) is 11.7. The zero-order chi connectivity index (χ0) is 22.6. The Labute approximate surface area is 188 Å². The summed E-state index contributed by atoms with van der Waals surface area (Å²) in [5, 5.41) is 10.4. The molecule has 4 saturated carbocycles. The van der Waals surface area contributed by atoms with Crippen LogP contribution >= 0.6 is 0 Å². The van der Waals surface area contributed by atoms with Crippen molar-refractivity contribution in [1.29, 1.82) is 0 Å². The molecule has 31 heavy (non-hydrogen) atoms. The Bertz CT molecular complexity index is 756. The Kier molecular flexibility index (Phi) is 6.17. The highest BCUT2D eigenvalue weighted by molar-refractivity contribution is 5.99. The van der Waals surface area contributed by atoms with Gasteiger partial charge in [0.15, 0.2) is 5.78 Å². The number of ether oxygens (including phenoxy) is 1. The van der Waals surface area contributed by atoms with Gasteiger partial charge in [-0.1, -0.05) is 26.8 Å². The summed E-state index contributed by atoms with van der Waals surface area (Å²) < 4.78 is 4.87. The van der Waals surface area contributed by atoms with Gasteiger partial charge >= 0.3 is 5.97 Å². The van der Waals surface area contributed by atoms with E-state index in [0.717, 1.165) is 44.1 Å². The number of aliphatic hydroxyl groups is 1. The van der Waals surface area contributed by atoms with Crippen LogP contribution in [0.15, 0.2) is 11.6 Å². The molecule has 4 aliphatic carbocycles. The van der Waals surface area contributed by atoms with Gasteiger partial charge in [0.05, 0.1) is 13.2 Å². The van der Waals surface area contributed by atoms with Crippen molar-refractivity contribution in [2.45, 2.75) is 91.6 Å². The zero-order valence-electron chi connectivity index (χ0n) is 20.2. The lowest BCUT2D eigenvalue weighted by Gasteiger charge is -2.61. The molecule has 0 bridgehead atoms. The number of carbonyl (C=O) groups is 2. The largest absolute Gasteiger partial charge is 0.469 e. The van der Waals surface area contributed by atoms with Crippen molar-refractivity contribution in [3.8, 4) is 0 Å². The summed E-state index contributed by atoms with van der Waals surface area (Å²) in [5.41, 5.74) is 1.33. The van der Waals surface area contributed by atoms with E-state index < -0.39 is 0 Å². The zero-order valence-corrected chi connectivity index (χ0v) is 20.2. The van der Waals surface area contributed by atoms with Crippen molar-refractivity contribution in [3.05, 3.63) is 11.6 Å². The van der Waals surface area contributed by atoms with Gasteiger partial charge in [0.1, 0.15) is 0 Å². The lowest BCUT2D eigenvalue weighted by atomic mass is 9.43. The van der Waals surface area contributed by atoms with E-state index in [1.54, 1.807) is 0 Å². The van der Waals surface area contributed by atoms with E-state index in [1.165, 1.54) is 20.0 Å². The molecular weight excluding hydrogens is 388 g/mol. The van der Waals surface area contributed by atoms with Crippen LogP contribution in [-0.4, -0.2) is 30.1 Å². The summed E-state index contributed by atoms with van der Waals surface area (Å²) in [6.45, 7) is 9.18. The molecule has 4 nitrogen and oxygen atoms in total. The minimum absolute atomic E-state index is 0.117. The highest BCUT2D eigenvalue weighted by Gasteiger charge is 2.64. The monoisotopic (exact) mass is 430 g/mol. The molecule has 0 aromatic carbocycles.